The fraction of sp³-hybridized carbons (Fsp3) is 0.250. The van der Waals surface area contributed by atoms with Crippen molar-refractivity contribution in [3.05, 3.63) is 53.1 Å². The van der Waals surface area contributed by atoms with Crippen molar-refractivity contribution in [2.45, 2.75) is 33.0 Å². The van der Waals surface area contributed by atoms with Crippen LogP contribution in [0.25, 0.3) is 11.0 Å². The Labute approximate surface area is 176 Å². The number of carbonyl (C=O) groups is 2. The van der Waals surface area contributed by atoms with Crippen molar-refractivity contribution >= 4 is 40.4 Å². The lowest BCUT2D eigenvalue weighted by Gasteiger charge is -2.19. The van der Waals surface area contributed by atoms with Crippen LogP contribution in [0, 0.1) is 0 Å². The zero-order chi connectivity index (χ0) is 21.3. The molecule has 9 nitrogen and oxygen atoms in total. The first-order valence-corrected chi connectivity index (χ1v) is 9.62. The zero-order valence-corrected chi connectivity index (χ0v) is 17.0. The topological polar surface area (TPSA) is 98.9 Å². The van der Waals surface area contributed by atoms with Crippen LogP contribution < -0.4 is 4.74 Å². The number of rotatable bonds is 5. The lowest BCUT2D eigenvalue weighted by Crippen LogP contribution is -2.33. The average molecular weight is 428 g/mol. The van der Waals surface area contributed by atoms with E-state index < -0.39 is 12.2 Å². The minimum atomic E-state index is -0.648. The Kier molecular flexibility index (Phi) is 5.37. The standard InChI is InChI=1S/C20H18ClN5O4/c1-12(27)26-19(9-10-25-17-6-4-3-5-16(17)22-24-25)30-20(23-26)15-11-14(21)7-8-18(15)29-13(2)28/h3-8,11,19H,9-10H2,1-2H3/t19-/m0/s1. The second-order valence-corrected chi connectivity index (χ2v) is 7.10. The van der Waals surface area contributed by atoms with Gasteiger partial charge in [-0.25, -0.2) is 4.68 Å². The number of fused-ring (bicyclic) bond motifs is 1. The molecule has 0 fully saturated rings. The van der Waals surface area contributed by atoms with Gasteiger partial charge >= 0.3 is 5.97 Å². The first-order valence-electron chi connectivity index (χ1n) is 9.24. The number of hydrazone groups is 1. The minimum absolute atomic E-state index is 0.150. The predicted octanol–water partition coefficient (Wildman–Crippen LogP) is 2.97. The molecule has 0 aliphatic carbocycles. The number of amides is 1. The molecule has 154 valence electrons. The first kappa shape index (κ1) is 19.8. The van der Waals surface area contributed by atoms with Gasteiger partial charge in [0, 0.05) is 31.8 Å². The minimum Gasteiger partial charge on any atom is -0.450 e. The van der Waals surface area contributed by atoms with Gasteiger partial charge in [0.2, 0.25) is 11.8 Å². The lowest BCUT2D eigenvalue weighted by atomic mass is 10.2. The van der Waals surface area contributed by atoms with Gasteiger partial charge in [0.1, 0.15) is 11.3 Å². The molecule has 1 aliphatic heterocycles. The predicted molar refractivity (Wildman–Crippen MR) is 109 cm³/mol. The average Bonchev–Trinajstić information content (AvgIpc) is 3.31. The number of hydrogen-bond donors (Lipinski definition) is 0. The monoisotopic (exact) mass is 427 g/mol. The summed E-state index contributed by atoms with van der Waals surface area (Å²) in [5.41, 5.74) is 2.06. The smallest absolute Gasteiger partial charge is 0.308 e. The fourth-order valence-corrected chi connectivity index (χ4v) is 3.34. The number of aryl methyl sites for hydroxylation is 1. The fourth-order valence-electron chi connectivity index (χ4n) is 3.16. The molecule has 0 spiro atoms. The summed E-state index contributed by atoms with van der Waals surface area (Å²) < 4.78 is 12.9. The Hall–Kier alpha value is -3.46. The van der Waals surface area contributed by atoms with Crippen LogP contribution in [0.1, 0.15) is 25.8 Å². The van der Waals surface area contributed by atoms with Crippen LogP contribution in [0.5, 0.6) is 5.75 Å². The van der Waals surface area contributed by atoms with Gasteiger partial charge in [-0.1, -0.05) is 28.9 Å². The summed E-state index contributed by atoms with van der Waals surface area (Å²) in [6.45, 7) is 3.16. The van der Waals surface area contributed by atoms with Crippen LogP contribution in [-0.2, 0) is 20.9 Å². The summed E-state index contributed by atoms with van der Waals surface area (Å²) >= 11 is 6.10. The largest absolute Gasteiger partial charge is 0.450 e. The third kappa shape index (κ3) is 3.97. The van der Waals surface area contributed by atoms with Crippen LogP contribution in [0.15, 0.2) is 47.6 Å². The molecule has 1 atom stereocenters. The summed E-state index contributed by atoms with van der Waals surface area (Å²) in [5, 5.41) is 14.3. The maximum atomic E-state index is 12.1. The Bertz CT molecular complexity index is 1160. The Balaban J connectivity index is 1.57. The SMILES string of the molecule is CC(=O)Oc1ccc(Cl)cc1C1=NN(C(C)=O)[C@H](CCn2nnc3ccccc32)O1. The number of aromatic nitrogens is 3. The quantitative estimate of drug-likeness (QED) is 0.458. The van der Waals surface area contributed by atoms with E-state index in [2.05, 4.69) is 15.4 Å². The summed E-state index contributed by atoms with van der Waals surface area (Å²) in [4.78, 5) is 23.6. The van der Waals surface area contributed by atoms with Crippen molar-refractivity contribution in [1.29, 1.82) is 0 Å². The summed E-state index contributed by atoms with van der Waals surface area (Å²) in [5.74, 6) is -0.376. The van der Waals surface area contributed by atoms with E-state index in [-0.39, 0.29) is 17.6 Å². The number of hydrogen-bond acceptors (Lipinski definition) is 7. The molecule has 10 heteroatoms. The van der Waals surface area contributed by atoms with Gasteiger partial charge < -0.3 is 9.47 Å². The molecule has 0 N–H and O–H groups in total. The molecule has 2 heterocycles. The summed E-state index contributed by atoms with van der Waals surface area (Å²) in [6.07, 6.45) is -0.228. The molecule has 1 aromatic heterocycles. The highest BCUT2D eigenvalue weighted by Crippen LogP contribution is 2.29. The van der Waals surface area contributed by atoms with Gasteiger partial charge in [-0.3, -0.25) is 9.59 Å². The van der Waals surface area contributed by atoms with E-state index in [1.54, 1.807) is 22.9 Å². The third-order valence-corrected chi connectivity index (χ3v) is 4.71. The van der Waals surface area contributed by atoms with Crippen molar-refractivity contribution in [2.24, 2.45) is 5.10 Å². The summed E-state index contributed by atoms with van der Waals surface area (Å²) in [6, 6.07) is 12.3. The highest BCUT2D eigenvalue weighted by molar-refractivity contribution is 6.31. The number of esters is 1. The molecule has 0 saturated heterocycles. The second-order valence-electron chi connectivity index (χ2n) is 6.67. The van der Waals surface area contributed by atoms with Crippen LogP contribution in [0.3, 0.4) is 0 Å². The molecule has 1 aliphatic rings. The van der Waals surface area contributed by atoms with E-state index in [9.17, 15) is 9.59 Å². The van der Waals surface area contributed by atoms with Crippen LogP contribution in [0.4, 0.5) is 0 Å². The molecule has 0 radical (unpaired) electrons. The van der Waals surface area contributed by atoms with E-state index in [0.29, 0.717) is 23.6 Å². The number of ether oxygens (including phenoxy) is 2. The molecule has 0 bridgehead atoms. The molecule has 0 saturated carbocycles. The molecule has 3 aromatic rings. The van der Waals surface area contributed by atoms with E-state index in [4.69, 9.17) is 21.1 Å². The number of halogens is 1. The Morgan fingerprint density at radius 3 is 2.77 bits per heavy atom. The highest BCUT2D eigenvalue weighted by atomic mass is 35.5. The number of para-hydroxylation sites is 1. The molecule has 4 rings (SSSR count). The van der Waals surface area contributed by atoms with E-state index in [1.807, 2.05) is 24.3 Å². The lowest BCUT2D eigenvalue weighted by molar-refractivity contribution is -0.135. The molecule has 1 amide bonds. The molecular weight excluding hydrogens is 410 g/mol. The van der Waals surface area contributed by atoms with Crippen LogP contribution >= 0.6 is 11.6 Å². The Morgan fingerprint density at radius 2 is 2.00 bits per heavy atom. The van der Waals surface area contributed by atoms with Gasteiger partial charge in [0.05, 0.1) is 11.1 Å². The highest BCUT2D eigenvalue weighted by Gasteiger charge is 2.33. The van der Waals surface area contributed by atoms with E-state index >= 15 is 0 Å². The van der Waals surface area contributed by atoms with Gasteiger partial charge in [-0.2, -0.15) is 5.01 Å². The zero-order valence-electron chi connectivity index (χ0n) is 16.3. The van der Waals surface area contributed by atoms with E-state index in [0.717, 1.165) is 11.0 Å². The first-order chi connectivity index (χ1) is 14.4. The molecule has 0 unspecified atom stereocenters. The van der Waals surface area contributed by atoms with Crippen molar-refractivity contribution in [3.63, 3.8) is 0 Å². The maximum Gasteiger partial charge on any atom is 0.308 e. The second kappa shape index (κ2) is 8.11. The van der Waals surface area contributed by atoms with E-state index in [1.165, 1.54) is 18.9 Å². The maximum absolute atomic E-state index is 12.1. The van der Waals surface area contributed by atoms with Gasteiger partial charge in [0.25, 0.3) is 0 Å². The number of benzene rings is 2. The van der Waals surface area contributed by atoms with Gasteiger partial charge in [-0.05, 0) is 30.3 Å². The molecule has 2 aromatic carbocycles. The van der Waals surface area contributed by atoms with Crippen LogP contribution in [0.2, 0.25) is 5.02 Å². The third-order valence-electron chi connectivity index (χ3n) is 4.48. The summed E-state index contributed by atoms with van der Waals surface area (Å²) in [7, 11) is 0. The van der Waals surface area contributed by atoms with Crippen LogP contribution in [-0.4, -0.2) is 44.0 Å². The molecule has 30 heavy (non-hydrogen) atoms. The normalized spacial score (nSPS) is 15.8. The van der Waals surface area contributed by atoms with Gasteiger partial charge in [-0.15, -0.1) is 10.2 Å². The van der Waals surface area contributed by atoms with Crippen molar-refractivity contribution < 1.29 is 19.1 Å². The van der Waals surface area contributed by atoms with Crippen molar-refractivity contribution in [3.8, 4) is 5.75 Å². The van der Waals surface area contributed by atoms with Crippen molar-refractivity contribution in [1.82, 2.24) is 20.0 Å². The van der Waals surface area contributed by atoms with Crippen molar-refractivity contribution in [2.75, 3.05) is 0 Å². The van der Waals surface area contributed by atoms with Gasteiger partial charge in [0.15, 0.2) is 6.23 Å². The number of carbonyl (C=O) groups excluding carboxylic acids is 2. The molecular formula is C20H18ClN5O4. The number of nitrogens with zero attached hydrogens (tertiary/aromatic N) is 5. The Morgan fingerprint density at radius 1 is 1.20 bits per heavy atom.